The van der Waals surface area contributed by atoms with Gasteiger partial charge in [-0.25, -0.2) is 0 Å². The van der Waals surface area contributed by atoms with Crippen molar-refractivity contribution in [3.63, 3.8) is 0 Å². The molecule has 0 spiro atoms. The van der Waals surface area contributed by atoms with Gasteiger partial charge >= 0.3 is 5.97 Å². The third-order valence-corrected chi connectivity index (χ3v) is 3.46. The van der Waals surface area contributed by atoms with E-state index in [1.807, 2.05) is 13.8 Å². The maximum Gasteiger partial charge on any atom is 0.307 e. The monoisotopic (exact) mass is 263 g/mol. The Labute approximate surface area is 113 Å². The van der Waals surface area contributed by atoms with Crippen LogP contribution in [0.4, 0.5) is 5.69 Å². The van der Waals surface area contributed by atoms with E-state index in [4.69, 9.17) is 5.11 Å². The van der Waals surface area contributed by atoms with E-state index in [-0.39, 0.29) is 18.2 Å². The second-order valence-corrected chi connectivity index (χ2v) is 4.93. The predicted molar refractivity (Wildman–Crippen MR) is 75.0 cm³/mol. The molecule has 2 N–H and O–H groups in total. The molecule has 0 radical (unpaired) electrons. The molecular formula is C15H21NO3. The molecule has 4 heteroatoms. The van der Waals surface area contributed by atoms with Crippen LogP contribution in [-0.4, -0.2) is 17.0 Å². The molecule has 0 aliphatic carbocycles. The highest BCUT2D eigenvalue weighted by Gasteiger charge is 2.18. The summed E-state index contributed by atoms with van der Waals surface area (Å²) in [7, 11) is 0. The first-order valence-electron chi connectivity index (χ1n) is 6.55. The summed E-state index contributed by atoms with van der Waals surface area (Å²) in [6.07, 6.45) is 0.915. The Morgan fingerprint density at radius 1 is 1.32 bits per heavy atom. The molecule has 2 atom stereocenters. The van der Waals surface area contributed by atoms with Crippen LogP contribution in [0.3, 0.4) is 0 Å². The molecule has 0 aromatic heterocycles. The first-order valence-corrected chi connectivity index (χ1v) is 6.55. The molecule has 0 aliphatic rings. The van der Waals surface area contributed by atoms with E-state index >= 15 is 0 Å². The number of aliphatic carboxylic acids is 1. The van der Waals surface area contributed by atoms with Gasteiger partial charge in [-0.2, -0.15) is 0 Å². The number of rotatable bonds is 6. The SMILES string of the molecule is CCC(C)C(C)C(=O)Nc1cccc(CC(=O)O)c1. The number of carbonyl (C=O) groups is 2. The molecule has 1 rings (SSSR count). The summed E-state index contributed by atoms with van der Waals surface area (Å²) >= 11 is 0. The number of nitrogens with one attached hydrogen (secondary N) is 1. The zero-order valence-electron chi connectivity index (χ0n) is 11.6. The standard InChI is InChI=1S/C15H21NO3/c1-4-10(2)11(3)15(19)16-13-7-5-6-12(8-13)9-14(17)18/h5-8,10-11H,4,9H2,1-3H3,(H,16,19)(H,17,18). The first kappa shape index (κ1) is 15.2. The first-order chi connectivity index (χ1) is 8.93. The van der Waals surface area contributed by atoms with Gasteiger partial charge < -0.3 is 10.4 Å². The van der Waals surface area contributed by atoms with E-state index < -0.39 is 5.97 Å². The largest absolute Gasteiger partial charge is 0.481 e. The molecule has 0 saturated heterocycles. The van der Waals surface area contributed by atoms with Gasteiger partial charge in [-0.1, -0.05) is 39.3 Å². The number of amides is 1. The fraction of sp³-hybridized carbons (Fsp3) is 0.467. The van der Waals surface area contributed by atoms with Crippen LogP contribution in [0, 0.1) is 11.8 Å². The number of carbonyl (C=O) groups excluding carboxylic acids is 1. The van der Waals surface area contributed by atoms with Crippen LogP contribution in [0.1, 0.15) is 32.8 Å². The third-order valence-electron chi connectivity index (χ3n) is 3.46. The number of hydrogen-bond acceptors (Lipinski definition) is 2. The van der Waals surface area contributed by atoms with Gasteiger partial charge in [-0.3, -0.25) is 9.59 Å². The fourth-order valence-corrected chi connectivity index (χ4v) is 1.80. The molecule has 1 amide bonds. The van der Waals surface area contributed by atoms with Crippen molar-refractivity contribution in [2.24, 2.45) is 11.8 Å². The van der Waals surface area contributed by atoms with Crippen LogP contribution in [0.2, 0.25) is 0 Å². The second-order valence-electron chi connectivity index (χ2n) is 4.93. The molecule has 0 saturated carbocycles. The molecule has 1 aromatic rings. The van der Waals surface area contributed by atoms with Crippen LogP contribution < -0.4 is 5.32 Å². The Bertz CT molecular complexity index is 456. The minimum absolute atomic E-state index is 0.0261. The van der Waals surface area contributed by atoms with Crippen molar-refractivity contribution in [1.82, 2.24) is 0 Å². The lowest BCUT2D eigenvalue weighted by Crippen LogP contribution is -2.25. The van der Waals surface area contributed by atoms with Gasteiger partial charge in [0.25, 0.3) is 0 Å². The summed E-state index contributed by atoms with van der Waals surface area (Å²) in [6.45, 7) is 6.01. The van der Waals surface area contributed by atoms with Crippen molar-refractivity contribution in [2.75, 3.05) is 5.32 Å². The van der Waals surface area contributed by atoms with Crippen LogP contribution in [0.15, 0.2) is 24.3 Å². The summed E-state index contributed by atoms with van der Waals surface area (Å²) < 4.78 is 0. The average molecular weight is 263 g/mol. The van der Waals surface area contributed by atoms with Gasteiger partial charge in [0.2, 0.25) is 5.91 Å². The van der Waals surface area contributed by atoms with Crippen LogP contribution >= 0.6 is 0 Å². The van der Waals surface area contributed by atoms with Gasteiger partial charge in [0.15, 0.2) is 0 Å². The molecule has 104 valence electrons. The van der Waals surface area contributed by atoms with Crippen molar-refractivity contribution in [3.05, 3.63) is 29.8 Å². The van der Waals surface area contributed by atoms with Gasteiger partial charge in [0, 0.05) is 11.6 Å². The van der Waals surface area contributed by atoms with Gasteiger partial charge in [0.1, 0.15) is 0 Å². The Kier molecular flexibility index (Phi) is 5.55. The highest BCUT2D eigenvalue weighted by atomic mass is 16.4. The minimum atomic E-state index is -0.878. The molecule has 1 aromatic carbocycles. The summed E-state index contributed by atoms with van der Waals surface area (Å²) in [5.74, 6) is -0.645. The van der Waals surface area contributed by atoms with Crippen LogP contribution in [-0.2, 0) is 16.0 Å². The number of benzene rings is 1. The molecule has 4 nitrogen and oxygen atoms in total. The molecule has 19 heavy (non-hydrogen) atoms. The van der Waals surface area contributed by atoms with E-state index in [9.17, 15) is 9.59 Å². The van der Waals surface area contributed by atoms with E-state index in [1.54, 1.807) is 24.3 Å². The predicted octanol–water partition coefficient (Wildman–Crippen LogP) is 2.93. The smallest absolute Gasteiger partial charge is 0.307 e. The summed E-state index contributed by atoms with van der Waals surface area (Å²) in [6, 6.07) is 6.96. The van der Waals surface area contributed by atoms with E-state index in [1.165, 1.54) is 0 Å². The van der Waals surface area contributed by atoms with Gasteiger partial charge in [-0.05, 0) is 23.6 Å². The molecule has 2 unspecified atom stereocenters. The highest BCUT2D eigenvalue weighted by Crippen LogP contribution is 2.18. The molecule has 0 bridgehead atoms. The number of carboxylic acid groups (broad SMARTS) is 1. The summed E-state index contributed by atoms with van der Waals surface area (Å²) in [5, 5.41) is 11.6. The molecule has 0 fully saturated rings. The Balaban J connectivity index is 2.71. The topological polar surface area (TPSA) is 66.4 Å². The molecular weight excluding hydrogens is 242 g/mol. The van der Waals surface area contributed by atoms with Crippen LogP contribution in [0.25, 0.3) is 0 Å². The minimum Gasteiger partial charge on any atom is -0.481 e. The van der Waals surface area contributed by atoms with Crippen molar-refractivity contribution in [2.45, 2.75) is 33.6 Å². The maximum atomic E-state index is 12.0. The molecule has 0 heterocycles. The van der Waals surface area contributed by atoms with Crippen molar-refractivity contribution >= 4 is 17.6 Å². The highest BCUT2D eigenvalue weighted by molar-refractivity contribution is 5.92. The fourth-order valence-electron chi connectivity index (χ4n) is 1.80. The van der Waals surface area contributed by atoms with Gasteiger partial charge in [-0.15, -0.1) is 0 Å². The maximum absolute atomic E-state index is 12.0. The Morgan fingerprint density at radius 3 is 2.58 bits per heavy atom. The van der Waals surface area contributed by atoms with Crippen LogP contribution in [0.5, 0.6) is 0 Å². The molecule has 0 aliphatic heterocycles. The number of carboxylic acids is 1. The number of hydrogen-bond donors (Lipinski definition) is 2. The summed E-state index contributed by atoms with van der Waals surface area (Å²) in [4.78, 5) is 22.7. The zero-order chi connectivity index (χ0) is 14.4. The quantitative estimate of drug-likeness (QED) is 0.829. The zero-order valence-corrected chi connectivity index (χ0v) is 11.6. The van der Waals surface area contributed by atoms with Crippen molar-refractivity contribution in [3.8, 4) is 0 Å². The van der Waals surface area contributed by atoms with E-state index in [2.05, 4.69) is 12.2 Å². The van der Waals surface area contributed by atoms with Crippen molar-refractivity contribution < 1.29 is 14.7 Å². The van der Waals surface area contributed by atoms with E-state index in [0.29, 0.717) is 17.2 Å². The Morgan fingerprint density at radius 2 is 2.00 bits per heavy atom. The van der Waals surface area contributed by atoms with Crippen molar-refractivity contribution in [1.29, 1.82) is 0 Å². The summed E-state index contributed by atoms with van der Waals surface area (Å²) in [5.41, 5.74) is 1.33. The lowest BCUT2D eigenvalue weighted by atomic mass is 9.93. The third kappa shape index (κ3) is 4.73. The lowest BCUT2D eigenvalue weighted by molar-refractivity contribution is -0.136. The Hall–Kier alpha value is -1.84. The average Bonchev–Trinajstić information content (AvgIpc) is 2.36. The van der Waals surface area contributed by atoms with E-state index in [0.717, 1.165) is 6.42 Å². The second kappa shape index (κ2) is 6.92. The lowest BCUT2D eigenvalue weighted by Gasteiger charge is -2.18. The normalized spacial score (nSPS) is 13.6. The number of anilines is 1. The van der Waals surface area contributed by atoms with Gasteiger partial charge in [0.05, 0.1) is 6.42 Å².